The van der Waals surface area contributed by atoms with Crippen molar-refractivity contribution in [1.82, 2.24) is 20.5 Å². The molecule has 2 aliphatic heterocycles. The van der Waals surface area contributed by atoms with Crippen molar-refractivity contribution in [3.8, 4) is 28.5 Å². The van der Waals surface area contributed by atoms with Gasteiger partial charge < -0.3 is 30.0 Å². The number of methoxy groups -OCH3 is 1. The predicted octanol–water partition coefficient (Wildman–Crippen LogP) is 2.09. The Balaban J connectivity index is 1.15. The topological polar surface area (TPSA) is 148 Å². The Morgan fingerprint density at radius 1 is 1.25 bits per heavy atom. The number of ether oxygens (including phenoxy) is 3. The fourth-order valence-electron chi connectivity index (χ4n) is 3.95. The quantitative estimate of drug-likeness (QED) is 0.399. The Labute approximate surface area is 206 Å². The Bertz CT molecular complexity index is 1300. The van der Waals surface area contributed by atoms with E-state index in [1.807, 2.05) is 12.1 Å². The maximum absolute atomic E-state index is 12.4. The summed E-state index contributed by atoms with van der Waals surface area (Å²) in [5, 5.41) is 24.2. The third kappa shape index (κ3) is 4.98. The highest BCUT2D eigenvalue weighted by atomic mass is 16.6. The number of cyclic esters (lactones) is 1. The molecule has 0 saturated carbocycles. The Kier molecular flexibility index (Phi) is 6.50. The first-order valence-electron chi connectivity index (χ1n) is 11.3. The standard InChI is InChI=1S/C24H24N6O6/c1-34-16-9-18(29-26-11-16)17-8-14(2-3-19(17)31)10-25-7-6-15-12-30(24(33)36-15)21-5-4-20-23(27-21)28-22(32)13-35-20/h2-5,8-9,11,15,25,31H,6-7,10,12-13H2,1H3,(H,27,28,32)/t15-/m0/s1. The lowest BCUT2D eigenvalue weighted by molar-refractivity contribution is -0.118. The molecule has 0 spiro atoms. The average Bonchev–Trinajstić information content (AvgIpc) is 3.27. The molecule has 3 N–H and O–H groups in total. The number of rotatable bonds is 8. The van der Waals surface area contributed by atoms with E-state index in [2.05, 4.69) is 25.8 Å². The third-order valence-corrected chi connectivity index (χ3v) is 5.78. The summed E-state index contributed by atoms with van der Waals surface area (Å²) >= 11 is 0. The second-order valence-corrected chi connectivity index (χ2v) is 8.27. The van der Waals surface area contributed by atoms with E-state index in [1.54, 1.807) is 31.4 Å². The van der Waals surface area contributed by atoms with Crippen molar-refractivity contribution in [3.05, 3.63) is 48.2 Å². The van der Waals surface area contributed by atoms with Crippen LogP contribution in [-0.4, -0.2) is 65.2 Å². The molecule has 0 unspecified atom stereocenters. The molecule has 1 saturated heterocycles. The molecule has 12 heteroatoms. The lowest BCUT2D eigenvalue weighted by atomic mass is 10.1. The lowest BCUT2D eigenvalue weighted by Crippen LogP contribution is -2.29. The molecule has 1 atom stereocenters. The summed E-state index contributed by atoms with van der Waals surface area (Å²) in [6, 6.07) is 10.3. The SMILES string of the molecule is COc1cnnc(-c2cc(CNCC[C@H]3CN(c4ccc5c(n4)NC(=O)CO5)C(=O)O3)ccc2O)c1. The summed E-state index contributed by atoms with van der Waals surface area (Å²) in [6.07, 6.45) is 1.30. The number of amides is 2. The van der Waals surface area contributed by atoms with Gasteiger partial charge in [0.05, 0.1) is 19.9 Å². The van der Waals surface area contributed by atoms with E-state index < -0.39 is 6.09 Å². The summed E-state index contributed by atoms with van der Waals surface area (Å²) in [6.45, 7) is 1.43. The molecule has 0 radical (unpaired) electrons. The van der Waals surface area contributed by atoms with Crippen LogP contribution >= 0.6 is 0 Å². The molecule has 5 rings (SSSR count). The normalized spacial score (nSPS) is 16.7. The minimum Gasteiger partial charge on any atom is -0.507 e. The van der Waals surface area contributed by atoms with Crippen LogP contribution in [-0.2, 0) is 16.1 Å². The minimum atomic E-state index is -0.488. The third-order valence-electron chi connectivity index (χ3n) is 5.78. The van der Waals surface area contributed by atoms with Crippen LogP contribution in [0.15, 0.2) is 42.6 Å². The molecule has 4 heterocycles. The number of hydrogen-bond donors (Lipinski definition) is 3. The number of nitrogens with one attached hydrogen (secondary N) is 2. The summed E-state index contributed by atoms with van der Waals surface area (Å²) < 4.78 is 16.0. The highest BCUT2D eigenvalue weighted by Gasteiger charge is 2.33. The van der Waals surface area contributed by atoms with Crippen molar-refractivity contribution in [1.29, 1.82) is 0 Å². The van der Waals surface area contributed by atoms with E-state index in [0.717, 1.165) is 5.56 Å². The van der Waals surface area contributed by atoms with Gasteiger partial charge in [-0.05, 0) is 42.8 Å². The molecule has 0 aliphatic carbocycles. The molecule has 2 aliphatic rings. The first-order chi connectivity index (χ1) is 17.5. The molecule has 1 aromatic carbocycles. The van der Waals surface area contributed by atoms with E-state index >= 15 is 0 Å². The fraction of sp³-hybridized carbons (Fsp3) is 0.292. The van der Waals surface area contributed by atoms with Crippen LogP contribution in [0, 0.1) is 0 Å². The molecular formula is C24H24N6O6. The van der Waals surface area contributed by atoms with E-state index in [1.165, 1.54) is 11.1 Å². The van der Waals surface area contributed by atoms with Gasteiger partial charge in [0.25, 0.3) is 5.91 Å². The highest BCUT2D eigenvalue weighted by molar-refractivity contribution is 5.95. The van der Waals surface area contributed by atoms with Crippen LogP contribution in [0.5, 0.6) is 17.2 Å². The van der Waals surface area contributed by atoms with E-state index in [9.17, 15) is 14.7 Å². The van der Waals surface area contributed by atoms with Gasteiger partial charge in [-0.25, -0.2) is 9.78 Å². The van der Waals surface area contributed by atoms with Crippen LogP contribution in [0.2, 0.25) is 0 Å². The zero-order chi connectivity index (χ0) is 25.1. The number of pyridine rings is 1. The van der Waals surface area contributed by atoms with Crippen molar-refractivity contribution in [3.63, 3.8) is 0 Å². The molecule has 186 valence electrons. The average molecular weight is 492 g/mol. The molecule has 2 aromatic heterocycles. The van der Waals surface area contributed by atoms with Crippen molar-refractivity contribution in [2.24, 2.45) is 0 Å². The second kappa shape index (κ2) is 10.0. The summed E-state index contributed by atoms with van der Waals surface area (Å²) in [7, 11) is 1.54. The second-order valence-electron chi connectivity index (χ2n) is 8.27. The Morgan fingerprint density at radius 3 is 3.00 bits per heavy atom. The molecule has 36 heavy (non-hydrogen) atoms. The Morgan fingerprint density at radius 2 is 2.14 bits per heavy atom. The van der Waals surface area contributed by atoms with Gasteiger partial charge in [0.15, 0.2) is 18.2 Å². The van der Waals surface area contributed by atoms with Gasteiger partial charge in [0.2, 0.25) is 0 Å². The Hall–Kier alpha value is -4.45. The highest BCUT2D eigenvalue weighted by Crippen LogP contribution is 2.31. The molecule has 1 fully saturated rings. The molecule has 0 bridgehead atoms. The van der Waals surface area contributed by atoms with Crippen LogP contribution in [0.25, 0.3) is 11.3 Å². The van der Waals surface area contributed by atoms with Gasteiger partial charge in [-0.1, -0.05) is 6.07 Å². The van der Waals surface area contributed by atoms with Crippen LogP contribution in [0.1, 0.15) is 12.0 Å². The first kappa shape index (κ1) is 23.3. The van der Waals surface area contributed by atoms with Gasteiger partial charge >= 0.3 is 6.09 Å². The molecule has 12 nitrogen and oxygen atoms in total. The lowest BCUT2D eigenvalue weighted by Gasteiger charge is -2.19. The van der Waals surface area contributed by atoms with E-state index in [-0.39, 0.29) is 30.2 Å². The van der Waals surface area contributed by atoms with Crippen LogP contribution in [0.3, 0.4) is 0 Å². The monoisotopic (exact) mass is 492 g/mol. The number of phenols is 1. The van der Waals surface area contributed by atoms with Crippen molar-refractivity contribution < 1.29 is 28.9 Å². The molecule has 2 amide bonds. The fourth-order valence-corrected chi connectivity index (χ4v) is 3.95. The zero-order valence-electron chi connectivity index (χ0n) is 19.4. The largest absolute Gasteiger partial charge is 0.507 e. The number of aromatic hydroxyl groups is 1. The van der Waals surface area contributed by atoms with Gasteiger partial charge in [0.1, 0.15) is 29.1 Å². The number of aromatic nitrogens is 3. The van der Waals surface area contributed by atoms with Gasteiger partial charge in [-0.3, -0.25) is 9.69 Å². The number of benzene rings is 1. The molecular weight excluding hydrogens is 468 g/mol. The molecule has 3 aromatic rings. The predicted molar refractivity (Wildman–Crippen MR) is 128 cm³/mol. The summed E-state index contributed by atoms with van der Waals surface area (Å²) in [5.41, 5.74) is 2.01. The van der Waals surface area contributed by atoms with Crippen LogP contribution < -0.4 is 25.0 Å². The van der Waals surface area contributed by atoms with Crippen molar-refractivity contribution >= 4 is 23.6 Å². The minimum absolute atomic E-state index is 0.0601. The van der Waals surface area contributed by atoms with E-state index in [4.69, 9.17) is 14.2 Å². The number of nitrogens with zero attached hydrogens (tertiary/aromatic N) is 4. The maximum atomic E-state index is 12.4. The number of hydrogen-bond acceptors (Lipinski definition) is 10. The smallest absolute Gasteiger partial charge is 0.415 e. The van der Waals surface area contributed by atoms with Crippen LogP contribution in [0.4, 0.5) is 16.4 Å². The number of fused-ring (bicyclic) bond motifs is 1. The number of phenolic OH excluding ortho intramolecular Hbond substituents is 1. The number of carbonyl (C=O) groups is 2. The number of anilines is 2. The zero-order valence-corrected chi connectivity index (χ0v) is 19.4. The van der Waals surface area contributed by atoms with Crippen molar-refractivity contribution in [2.45, 2.75) is 19.1 Å². The van der Waals surface area contributed by atoms with Gasteiger partial charge in [-0.2, -0.15) is 10.2 Å². The maximum Gasteiger partial charge on any atom is 0.415 e. The first-order valence-corrected chi connectivity index (χ1v) is 11.3. The number of carbonyl (C=O) groups excluding carboxylic acids is 2. The summed E-state index contributed by atoms with van der Waals surface area (Å²) in [5.74, 6) is 1.49. The van der Waals surface area contributed by atoms with E-state index in [0.29, 0.717) is 54.6 Å². The van der Waals surface area contributed by atoms with Crippen molar-refractivity contribution in [2.75, 3.05) is 37.0 Å². The van der Waals surface area contributed by atoms with Gasteiger partial charge in [-0.15, -0.1) is 0 Å². The van der Waals surface area contributed by atoms with Gasteiger partial charge in [0, 0.05) is 18.2 Å². The summed E-state index contributed by atoms with van der Waals surface area (Å²) in [4.78, 5) is 29.7.